The zero-order valence-corrected chi connectivity index (χ0v) is 13.8. The van der Waals surface area contributed by atoms with Crippen LogP contribution in [0.15, 0.2) is 54.6 Å². The van der Waals surface area contributed by atoms with Crippen LogP contribution in [0.4, 0.5) is 10.5 Å². The summed E-state index contributed by atoms with van der Waals surface area (Å²) in [4.78, 5) is 26.4. The first kappa shape index (κ1) is 16.2. The molecule has 0 spiro atoms. The van der Waals surface area contributed by atoms with Gasteiger partial charge in [0.15, 0.2) is 5.60 Å². The number of fused-ring (bicyclic) bond motifs is 1. The minimum absolute atomic E-state index is 0.336. The van der Waals surface area contributed by atoms with Crippen LogP contribution in [0.3, 0.4) is 0 Å². The third-order valence-electron chi connectivity index (χ3n) is 3.81. The Morgan fingerprint density at radius 2 is 1.62 bits per heavy atom. The zero-order valence-electron chi connectivity index (χ0n) is 13.8. The molecule has 0 radical (unpaired) electrons. The second kappa shape index (κ2) is 5.46. The lowest BCUT2D eigenvalue weighted by atomic mass is 9.88. The third kappa shape index (κ3) is 2.47. The van der Waals surface area contributed by atoms with Crippen LogP contribution in [0.1, 0.15) is 31.9 Å². The van der Waals surface area contributed by atoms with Crippen molar-refractivity contribution in [3.63, 3.8) is 0 Å². The Morgan fingerprint density at radius 3 is 2.25 bits per heavy atom. The molecule has 2 aromatic rings. The lowest BCUT2D eigenvalue weighted by Gasteiger charge is -2.25. The molecule has 0 unspecified atom stereocenters. The van der Waals surface area contributed by atoms with Crippen molar-refractivity contribution in [3.8, 4) is 0 Å². The van der Waals surface area contributed by atoms with Crippen molar-refractivity contribution in [3.05, 3.63) is 65.7 Å². The summed E-state index contributed by atoms with van der Waals surface area (Å²) in [5.74, 6) is -0.732. The first-order valence-corrected chi connectivity index (χ1v) is 7.70. The fraction of sp³-hybridized carbons (Fsp3) is 0.263. The van der Waals surface area contributed by atoms with Gasteiger partial charge in [-0.05, 0) is 32.4 Å². The molecular weight excluding hydrogens is 306 g/mol. The summed E-state index contributed by atoms with van der Waals surface area (Å²) in [6, 6.07) is 15.3. The van der Waals surface area contributed by atoms with Crippen LogP contribution >= 0.6 is 0 Å². The van der Waals surface area contributed by atoms with Crippen LogP contribution in [0.25, 0.3) is 0 Å². The summed E-state index contributed by atoms with van der Waals surface area (Å²) in [7, 11) is 0. The number of carbonyl (C=O) groups is 2. The molecular formula is C19H19NO4. The van der Waals surface area contributed by atoms with E-state index in [0.29, 0.717) is 16.8 Å². The largest absolute Gasteiger partial charge is 0.443 e. The van der Waals surface area contributed by atoms with Gasteiger partial charge < -0.3 is 9.84 Å². The van der Waals surface area contributed by atoms with E-state index in [1.807, 2.05) is 0 Å². The number of hydrogen-bond acceptors (Lipinski definition) is 4. The molecule has 0 fully saturated rings. The van der Waals surface area contributed by atoms with Crippen LogP contribution in [0.2, 0.25) is 0 Å². The number of ether oxygens (including phenoxy) is 1. The van der Waals surface area contributed by atoms with Gasteiger partial charge in [0, 0.05) is 5.56 Å². The van der Waals surface area contributed by atoms with Gasteiger partial charge in [-0.15, -0.1) is 0 Å². The molecule has 0 saturated carbocycles. The summed E-state index contributed by atoms with van der Waals surface area (Å²) in [5, 5.41) is 11.2. The number of hydrogen-bond donors (Lipinski definition) is 1. The average Bonchev–Trinajstić information content (AvgIpc) is 2.76. The molecule has 124 valence electrons. The molecule has 2 aromatic carbocycles. The first-order chi connectivity index (χ1) is 11.2. The maximum absolute atomic E-state index is 13.0. The molecule has 1 aliphatic heterocycles. The molecule has 2 amide bonds. The van der Waals surface area contributed by atoms with E-state index < -0.39 is 23.2 Å². The van der Waals surface area contributed by atoms with E-state index in [4.69, 9.17) is 4.74 Å². The highest BCUT2D eigenvalue weighted by molar-refractivity contribution is 6.21. The number of anilines is 1. The number of imide groups is 1. The monoisotopic (exact) mass is 325 g/mol. The maximum Gasteiger partial charge on any atom is 0.421 e. The van der Waals surface area contributed by atoms with Crippen molar-refractivity contribution in [2.24, 2.45) is 0 Å². The number of benzene rings is 2. The van der Waals surface area contributed by atoms with E-state index in [-0.39, 0.29) is 0 Å². The van der Waals surface area contributed by atoms with Crippen molar-refractivity contribution in [1.82, 2.24) is 0 Å². The molecule has 0 aromatic heterocycles. The van der Waals surface area contributed by atoms with Gasteiger partial charge in [-0.25, -0.2) is 9.69 Å². The summed E-state index contributed by atoms with van der Waals surface area (Å²) >= 11 is 0. The van der Waals surface area contributed by atoms with E-state index in [1.165, 1.54) is 0 Å². The van der Waals surface area contributed by atoms with Gasteiger partial charge in [0.05, 0.1) is 5.69 Å². The number of amides is 2. The van der Waals surface area contributed by atoms with Gasteiger partial charge >= 0.3 is 6.09 Å². The van der Waals surface area contributed by atoms with Crippen LogP contribution in [-0.2, 0) is 15.1 Å². The Balaban J connectivity index is 2.13. The maximum atomic E-state index is 13.0. The normalized spacial score (nSPS) is 20.0. The highest BCUT2D eigenvalue weighted by atomic mass is 16.6. The molecule has 5 heteroatoms. The van der Waals surface area contributed by atoms with Gasteiger partial charge in [0.2, 0.25) is 0 Å². The van der Waals surface area contributed by atoms with Crippen LogP contribution in [0, 0.1) is 0 Å². The molecule has 5 nitrogen and oxygen atoms in total. The number of aliphatic hydroxyl groups is 1. The summed E-state index contributed by atoms with van der Waals surface area (Å²) in [6.45, 7) is 5.17. The van der Waals surface area contributed by atoms with Gasteiger partial charge in [-0.1, -0.05) is 48.5 Å². The number of carbonyl (C=O) groups excluding carboxylic acids is 2. The van der Waals surface area contributed by atoms with E-state index >= 15 is 0 Å². The summed E-state index contributed by atoms with van der Waals surface area (Å²) in [6.07, 6.45) is -0.799. The SMILES string of the molecule is CC(C)(C)OC(=O)N1C(=O)[C@@](O)(c2ccccc2)c2ccccc21. The molecule has 1 atom stereocenters. The van der Waals surface area contributed by atoms with Crippen molar-refractivity contribution in [2.75, 3.05) is 4.90 Å². The molecule has 1 N–H and O–H groups in total. The van der Waals surface area contributed by atoms with Crippen molar-refractivity contribution in [2.45, 2.75) is 32.0 Å². The van der Waals surface area contributed by atoms with Crippen LogP contribution < -0.4 is 4.90 Å². The van der Waals surface area contributed by atoms with Gasteiger partial charge in [0.25, 0.3) is 5.91 Å². The van der Waals surface area contributed by atoms with Crippen molar-refractivity contribution in [1.29, 1.82) is 0 Å². The Labute approximate surface area is 140 Å². The van der Waals surface area contributed by atoms with E-state index in [1.54, 1.807) is 75.4 Å². The molecule has 0 saturated heterocycles. The summed E-state index contributed by atoms with van der Waals surface area (Å²) in [5.41, 5.74) is -1.54. The van der Waals surface area contributed by atoms with Crippen LogP contribution in [-0.4, -0.2) is 22.7 Å². The predicted octanol–water partition coefficient (Wildman–Crippen LogP) is 3.20. The fourth-order valence-electron chi connectivity index (χ4n) is 2.81. The lowest BCUT2D eigenvalue weighted by Crippen LogP contribution is -2.45. The third-order valence-corrected chi connectivity index (χ3v) is 3.81. The highest BCUT2D eigenvalue weighted by Gasteiger charge is 2.53. The number of rotatable bonds is 1. The van der Waals surface area contributed by atoms with Gasteiger partial charge in [-0.2, -0.15) is 0 Å². The van der Waals surface area contributed by atoms with E-state index in [2.05, 4.69) is 0 Å². The predicted molar refractivity (Wildman–Crippen MR) is 89.6 cm³/mol. The first-order valence-electron chi connectivity index (χ1n) is 7.70. The smallest absolute Gasteiger partial charge is 0.421 e. The fourth-order valence-corrected chi connectivity index (χ4v) is 2.81. The highest BCUT2D eigenvalue weighted by Crippen LogP contribution is 2.44. The Morgan fingerprint density at radius 1 is 1.04 bits per heavy atom. The molecule has 1 aliphatic rings. The second-order valence-corrected chi connectivity index (χ2v) is 6.71. The molecule has 1 heterocycles. The molecule has 24 heavy (non-hydrogen) atoms. The van der Waals surface area contributed by atoms with Gasteiger partial charge in [0.1, 0.15) is 5.60 Å². The minimum Gasteiger partial charge on any atom is -0.443 e. The van der Waals surface area contributed by atoms with Crippen LogP contribution in [0.5, 0.6) is 0 Å². The average molecular weight is 325 g/mol. The minimum atomic E-state index is -1.91. The lowest BCUT2D eigenvalue weighted by molar-refractivity contribution is -0.131. The van der Waals surface area contributed by atoms with E-state index in [9.17, 15) is 14.7 Å². The molecule has 0 aliphatic carbocycles. The Bertz CT molecular complexity index is 795. The molecule has 3 rings (SSSR count). The topological polar surface area (TPSA) is 66.8 Å². The van der Waals surface area contributed by atoms with Gasteiger partial charge in [-0.3, -0.25) is 4.79 Å². The number of para-hydroxylation sites is 1. The Kier molecular flexibility index (Phi) is 3.68. The summed E-state index contributed by atoms with van der Waals surface area (Å²) < 4.78 is 5.33. The van der Waals surface area contributed by atoms with Crippen molar-refractivity contribution < 1.29 is 19.4 Å². The molecule has 0 bridgehead atoms. The number of nitrogens with zero attached hydrogens (tertiary/aromatic N) is 1. The van der Waals surface area contributed by atoms with E-state index in [0.717, 1.165) is 4.90 Å². The second-order valence-electron chi connectivity index (χ2n) is 6.71. The Hall–Kier alpha value is -2.66. The zero-order chi connectivity index (χ0) is 17.5. The quantitative estimate of drug-likeness (QED) is 0.874. The van der Waals surface area contributed by atoms with Crippen molar-refractivity contribution >= 4 is 17.7 Å². The standard InChI is InChI=1S/C19H19NO4/c1-18(2,3)24-17(22)20-15-12-8-7-11-14(15)19(23,16(20)21)13-9-5-4-6-10-13/h4-12,23H,1-3H3/t19-/m1/s1.